The number of sulfonamides is 1. The van der Waals surface area contributed by atoms with Crippen molar-refractivity contribution >= 4 is 21.8 Å². The zero-order valence-electron chi connectivity index (χ0n) is 16.9. The minimum Gasteiger partial charge on any atom is -0.211 e. The fourth-order valence-corrected chi connectivity index (χ4v) is 6.63. The summed E-state index contributed by atoms with van der Waals surface area (Å²) in [6, 6.07) is 17.7. The monoisotopic (exact) mass is 417 g/mol. The first-order valence-electron chi connectivity index (χ1n) is 10.2. The number of nitrogens with one attached hydrogen (secondary N) is 1. The summed E-state index contributed by atoms with van der Waals surface area (Å²) in [5, 5.41) is 0. The molecule has 2 aromatic carbocycles. The molecule has 1 fully saturated rings. The molecule has 3 rings (SSSR count). The highest BCUT2D eigenvalue weighted by atomic mass is 32.2. The van der Waals surface area contributed by atoms with Crippen molar-refractivity contribution in [1.82, 2.24) is 4.72 Å². The molecule has 152 valence electrons. The van der Waals surface area contributed by atoms with Crippen molar-refractivity contribution in [2.75, 3.05) is 6.54 Å². The van der Waals surface area contributed by atoms with Crippen LogP contribution in [0.2, 0.25) is 0 Å². The molecule has 0 spiro atoms. The molecule has 0 aromatic heterocycles. The molecule has 0 heterocycles. The molecule has 2 unspecified atom stereocenters. The predicted molar refractivity (Wildman–Crippen MR) is 118 cm³/mol. The van der Waals surface area contributed by atoms with Crippen molar-refractivity contribution in [3.05, 3.63) is 60.2 Å². The van der Waals surface area contributed by atoms with Gasteiger partial charge in [0.05, 0.1) is 4.90 Å². The second-order valence-corrected chi connectivity index (χ2v) is 11.4. The van der Waals surface area contributed by atoms with Gasteiger partial charge in [-0.2, -0.15) is 0 Å². The van der Waals surface area contributed by atoms with Crippen LogP contribution in [0.3, 0.4) is 0 Å². The van der Waals surface area contributed by atoms with Crippen molar-refractivity contribution in [3.63, 3.8) is 0 Å². The standard InChI is InChI=1S/C23H31NO2S2/c1-19-13-15-22(16-14-19)28(25,26)24-18-8-10-20-9-6-7-17-23(20,2)27-21-11-4-3-5-12-21/h3-5,11-16,20,24H,6-10,17-18H2,1-2H3. The third kappa shape index (κ3) is 5.62. The molecule has 1 N–H and O–H groups in total. The van der Waals surface area contributed by atoms with E-state index in [0.29, 0.717) is 17.4 Å². The molecule has 0 bridgehead atoms. The number of thioether (sulfide) groups is 1. The maximum Gasteiger partial charge on any atom is 0.240 e. The van der Waals surface area contributed by atoms with Crippen LogP contribution in [0.15, 0.2) is 64.4 Å². The Hall–Kier alpha value is -1.30. The topological polar surface area (TPSA) is 46.2 Å². The van der Waals surface area contributed by atoms with Crippen molar-refractivity contribution in [2.24, 2.45) is 5.92 Å². The molecule has 28 heavy (non-hydrogen) atoms. The molecule has 1 saturated carbocycles. The van der Waals surface area contributed by atoms with E-state index in [9.17, 15) is 8.42 Å². The average Bonchev–Trinajstić information content (AvgIpc) is 2.67. The van der Waals surface area contributed by atoms with Gasteiger partial charge in [0.2, 0.25) is 10.0 Å². The highest BCUT2D eigenvalue weighted by Crippen LogP contribution is 2.48. The molecular weight excluding hydrogens is 386 g/mol. The summed E-state index contributed by atoms with van der Waals surface area (Å²) in [5.74, 6) is 0.621. The van der Waals surface area contributed by atoms with Gasteiger partial charge in [0.15, 0.2) is 0 Å². The van der Waals surface area contributed by atoms with E-state index < -0.39 is 10.0 Å². The summed E-state index contributed by atoms with van der Waals surface area (Å²) in [6.07, 6.45) is 6.97. The largest absolute Gasteiger partial charge is 0.240 e. The van der Waals surface area contributed by atoms with Crippen LogP contribution < -0.4 is 4.72 Å². The van der Waals surface area contributed by atoms with Crippen LogP contribution in [0.1, 0.15) is 51.0 Å². The summed E-state index contributed by atoms with van der Waals surface area (Å²) in [7, 11) is -3.41. The zero-order valence-corrected chi connectivity index (χ0v) is 18.5. The van der Waals surface area contributed by atoms with Gasteiger partial charge in [0.25, 0.3) is 0 Å². The van der Waals surface area contributed by atoms with Gasteiger partial charge >= 0.3 is 0 Å². The van der Waals surface area contributed by atoms with E-state index >= 15 is 0 Å². The maximum atomic E-state index is 12.4. The highest BCUT2D eigenvalue weighted by molar-refractivity contribution is 8.00. The first-order valence-corrected chi connectivity index (χ1v) is 12.5. The summed E-state index contributed by atoms with van der Waals surface area (Å²) < 4.78 is 27.9. The Morgan fingerprint density at radius 2 is 1.79 bits per heavy atom. The second-order valence-electron chi connectivity index (χ2n) is 8.02. The minimum absolute atomic E-state index is 0.232. The van der Waals surface area contributed by atoms with Crippen molar-refractivity contribution in [1.29, 1.82) is 0 Å². The molecular formula is C23H31NO2S2. The summed E-state index contributed by atoms with van der Waals surface area (Å²) in [4.78, 5) is 1.68. The van der Waals surface area contributed by atoms with E-state index in [2.05, 4.69) is 42.0 Å². The van der Waals surface area contributed by atoms with Gasteiger partial charge in [0, 0.05) is 16.2 Å². The number of benzene rings is 2. The van der Waals surface area contributed by atoms with Crippen LogP contribution in [0.4, 0.5) is 0 Å². The Labute approximate surface area is 174 Å². The quantitative estimate of drug-likeness (QED) is 0.553. The smallest absolute Gasteiger partial charge is 0.211 e. The predicted octanol–water partition coefficient (Wildman–Crippen LogP) is 5.79. The van der Waals surface area contributed by atoms with Gasteiger partial charge in [0.1, 0.15) is 0 Å². The molecule has 3 nitrogen and oxygen atoms in total. The summed E-state index contributed by atoms with van der Waals surface area (Å²) >= 11 is 2.00. The van der Waals surface area contributed by atoms with E-state index in [1.807, 2.05) is 30.8 Å². The number of aryl methyl sites for hydroxylation is 1. The number of hydrogen-bond donors (Lipinski definition) is 1. The van der Waals surface area contributed by atoms with Crippen LogP contribution in [0, 0.1) is 12.8 Å². The summed E-state index contributed by atoms with van der Waals surface area (Å²) in [5.41, 5.74) is 1.06. The van der Waals surface area contributed by atoms with Crippen LogP contribution in [0.5, 0.6) is 0 Å². The molecule has 0 amide bonds. The van der Waals surface area contributed by atoms with Crippen molar-refractivity contribution in [3.8, 4) is 0 Å². The second kappa shape index (κ2) is 9.47. The Kier molecular flexibility index (Phi) is 7.24. The summed E-state index contributed by atoms with van der Waals surface area (Å²) in [6.45, 7) is 4.85. The lowest BCUT2D eigenvalue weighted by Gasteiger charge is -2.41. The third-order valence-electron chi connectivity index (χ3n) is 5.79. The van der Waals surface area contributed by atoms with Crippen LogP contribution in [-0.2, 0) is 10.0 Å². The first kappa shape index (κ1) is 21.4. The molecule has 0 aliphatic heterocycles. The first-order chi connectivity index (χ1) is 13.4. The van der Waals surface area contributed by atoms with Gasteiger partial charge in [-0.15, -0.1) is 11.8 Å². The SMILES string of the molecule is Cc1ccc(S(=O)(=O)NCCCC2CCCCC2(C)Sc2ccccc2)cc1. The lowest BCUT2D eigenvalue weighted by atomic mass is 9.77. The Bertz CT molecular complexity index is 850. The fourth-order valence-electron chi connectivity index (χ4n) is 4.07. The van der Waals surface area contributed by atoms with Gasteiger partial charge in [-0.05, 0) is 69.7 Å². The average molecular weight is 418 g/mol. The fraction of sp³-hybridized carbons (Fsp3) is 0.478. The van der Waals surface area contributed by atoms with Gasteiger partial charge < -0.3 is 0 Å². The van der Waals surface area contributed by atoms with E-state index in [-0.39, 0.29) is 4.75 Å². The molecule has 2 aromatic rings. The maximum absolute atomic E-state index is 12.4. The van der Waals surface area contributed by atoms with Gasteiger partial charge in [-0.25, -0.2) is 13.1 Å². The molecule has 1 aliphatic carbocycles. The van der Waals surface area contributed by atoms with E-state index in [4.69, 9.17) is 0 Å². The van der Waals surface area contributed by atoms with Crippen molar-refractivity contribution in [2.45, 2.75) is 66.9 Å². The van der Waals surface area contributed by atoms with Crippen molar-refractivity contribution < 1.29 is 8.42 Å². The van der Waals surface area contributed by atoms with Gasteiger partial charge in [-0.3, -0.25) is 0 Å². The molecule has 1 aliphatic rings. The van der Waals surface area contributed by atoms with Gasteiger partial charge in [-0.1, -0.05) is 48.7 Å². The van der Waals surface area contributed by atoms with Crippen LogP contribution in [0.25, 0.3) is 0 Å². The Morgan fingerprint density at radius 3 is 2.50 bits per heavy atom. The highest BCUT2D eigenvalue weighted by Gasteiger charge is 2.37. The van der Waals surface area contributed by atoms with E-state index in [1.165, 1.54) is 30.6 Å². The molecule has 5 heteroatoms. The molecule has 2 atom stereocenters. The Morgan fingerprint density at radius 1 is 1.07 bits per heavy atom. The van der Waals surface area contributed by atoms with Crippen LogP contribution in [-0.4, -0.2) is 19.7 Å². The zero-order chi connectivity index (χ0) is 20.0. The van der Waals surface area contributed by atoms with E-state index in [1.54, 1.807) is 12.1 Å². The van der Waals surface area contributed by atoms with E-state index in [0.717, 1.165) is 18.4 Å². The third-order valence-corrected chi connectivity index (χ3v) is 8.77. The lowest BCUT2D eigenvalue weighted by Crippen LogP contribution is -2.35. The minimum atomic E-state index is -3.41. The molecule has 0 saturated heterocycles. The van der Waals surface area contributed by atoms with Crippen LogP contribution >= 0.6 is 11.8 Å². The molecule has 0 radical (unpaired) electrons. The number of hydrogen-bond acceptors (Lipinski definition) is 3. The number of rotatable bonds is 8. The Balaban J connectivity index is 1.54. The normalized spacial score (nSPS) is 22.9. The lowest BCUT2D eigenvalue weighted by molar-refractivity contribution is 0.270.